The second-order valence-corrected chi connectivity index (χ2v) is 9.11. The molecule has 1 aromatic rings. The van der Waals surface area contributed by atoms with Crippen LogP contribution in [0.25, 0.3) is 0 Å². The van der Waals surface area contributed by atoms with E-state index in [0.717, 1.165) is 103 Å². The molecule has 4 fully saturated rings. The van der Waals surface area contributed by atoms with Crippen molar-refractivity contribution in [2.45, 2.75) is 38.5 Å². The third-order valence-electron chi connectivity index (χ3n) is 6.75. The Morgan fingerprint density at radius 1 is 0.667 bits per heavy atom. The Kier molecular flexibility index (Phi) is 5.48. The molecule has 0 spiro atoms. The first-order chi connectivity index (χ1) is 14.7. The van der Waals surface area contributed by atoms with Crippen LogP contribution in [0.15, 0.2) is 12.4 Å². The third-order valence-corrected chi connectivity index (χ3v) is 6.75. The fourth-order valence-corrected chi connectivity index (χ4v) is 4.59. The number of hydrogen-bond donors (Lipinski definition) is 0. The number of hydrogen-bond acceptors (Lipinski definition) is 6. The molecule has 2 aliphatic carbocycles. The van der Waals surface area contributed by atoms with Gasteiger partial charge in [0.05, 0.1) is 0 Å². The van der Waals surface area contributed by atoms with Gasteiger partial charge in [0.15, 0.2) is 0 Å². The second kappa shape index (κ2) is 8.40. The van der Waals surface area contributed by atoms with Crippen LogP contribution in [0, 0.1) is 11.8 Å². The highest BCUT2D eigenvalue weighted by molar-refractivity contribution is 5.81. The average molecular weight is 413 g/mol. The quantitative estimate of drug-likeness (QED) is 0.744. The minimum Gasteiger partial charge on any atom is -0.355 e. The lowest BCUT2D eigenvalue weighted by molar-refractivity contribution is -0.133. The minimum absolute atomic E-state index is 0.289. The Morgan fingerprint density at radius 2 is 1.13 bits per heavy atom. The molecule has 0 aromatic carbocycles. The van der Waals surface area contributed by atoms with Gasteiger partial charge >= 0.3 is 0 Å². The number of carbonyl (C=O) groups is 2. The summed E-state index contributed by atoms with van der Waals surface area (Å²) in [5.74, 6) is 3.14. The lowest BCUT2D eigenvalue weighted by Crippen LogP contribution is -2.36. The van der Waals surface area contributed by atoms with Crippen molar-refractivity contribution in [3.63, 3.8) is 0 Å². The lowest BCUT2D eigenvalue weighted by Gasteiger charge is -2.26. The molecule has 0 radical (unpaired) electrons. The van der Waals surface area contributed by atoms with Gasteiger partial charge in [-0.2, -0.15) is 0 Å². The molecular weight excluding hydrogens is 380 g/mol. The van der Waals surface area contributed by atoms with Crippen molar-refractivity contribution in [3.8, 4) is 0 Å². The number of anilines is 2. The number of aromatic nitrogens is 2. The Balaban J connectivity index is 1.21. The van der Waals surface area contributed by atoms with E-state index in [9.17, 15) is 9.59 Å². The Morgan fingerprint density at radius 3 is 1.57 bits per heavy atom. The Labute approximate surface area is 178 Å². The van der Waals surface area contributed by atoms with Gasteiger partial charge in [-0.3, -0.25) is 9.59 Å². The predicted molar refractivity (Wildman–Crippen MR) is 114 cm³/mol. The van der Waals surface area contributed by atoms with Gasteiger partial charge in [-0.05, 0) is 38.5 Å². The van der Waals surface area contributed by atoms with E-state index in [2.05, 4.69) is 25.8 Å². The van der Waals surface area contributed by atoms with Crippen LogP contribution in [0.3, 0.4) is 0 Å². The fourth-order valence-electron chi connectivity index (χ4n) is 4.59. The Bertz CT molecular complexity index is 732. The van der Waals surface area contributed by atoms with Crippen LogP contribution in [0.5, 0.6) is 0 Å². The van der Waals surface area contributed by atoms with Crippen LogP contribution in [0.4, 0.5) is 11.6 Å². The van der Waals surface area contributed by atoms with Gasteiger partial charge in [0.25, 0.3) is 0 Å². The van der Waals surface area contributed by atoms with E-state index in [-0.39, 0.29) is 11.8 Å². The Hall–Kier alpha value is -2.38. The summed E-state index contributed by atoms with van der Waals surface area (Å²) in [7, 11) is 0. The minimum atomic E-state index is 0.289. The van der Waals surface area contributed by atoms with Crippen molar-refractivity contribution in [3.05, 3.63) is 12.4 Å². The first-order valence-electron chi connectivity index (χ1n) is 11.6. The van der Waals surface area contributed by atoms with Crippen molar-refractivity contribution in [1.29, 1.82) is 0 Å². The predicted octanol–water partition coefficient (Wildman–Crippen LogP) is 1.37. The molecule has 2 aliphatic heterocycles. The highest BCUT2D eigenvalue weighted by Gasteiger charge is 2.35. The molecule has 8 heteroatoms. The zero-order valence-electron chi connectivity index (χ0n) is 17.7. The molecule has 3 heterocycles. The molecule has 0 unspecified atom stereocenters. The molecule has 162 valence electrons. The zero-order valence-corrected chi connectivity index (χ0v) is 17.7. The summed E-state index contributed by atoms with van der Waals surface area (Å²) in [5, 5.41) is 0. The van der Waals surface area contributed by atoms with Gasteiger partial charge in [0.2, 0.25) is 11.8 Å². The summed E-state index contributed by atoms with van der Waals surface area (Å²) in [6.45, 7) is 6.70. The monoisotopic (exact) mass is 412 g/mol. The maximum Gasteiger partial charge on any atom is 0.225 e. The molecule has 30 heavy (non-hydrogen) atoms. The summed E-state index contributed by atoms with van der Waals surface area (Å²) in [5.41, 5.74) is 0. The van der Waals surface area contributed by atoms with Crippen molar-refractivity contribution in [1.82, 2.24) is 19.8 Å². The van der Waals surface area contributed by atoms with Crippen molar-refractivity contribution >= 4 is 23.5 Å². The first-order valence-corrected chi connectivity index (χ1v) is 11.6. The van der Waals surface area contributed by atoms with Gasteiger partial charge in [-0.15, -0.1) is 0 Å². The standard InChI is InChI=1S/C22H32N6O2/c29-21(17-3-4-17)27-9-1-7-25(11-13-27)19-15-20(24-16-23-19)26-8-2-10-28(14-12-26)22(30)18-5-6-18/h15-18H,1-14H2. The number of amides is 2. The number of rotatable bonds is 4. The van der Waals surface area contributed by atoms with E-state index >= 15 is 0 Å². The zero-order chi connectivity index (χ0) is 20.5. The van der Waals surface area contributed by atoms with Crippen LogP contribution in [-0.2, 0) is 9.59 Å². The summed E-state index contributed by atoms with van der Waals surface area (Å²) in [4.78, 5) is 42.6. The molecule has 2 saturated heterocycles. The highest BCUT2D eigenvalue weighted by Crippen LogP contribution is 2.32. The molecule has 8 nitrogen and oxygen atoms in total. The number of carbonyl (C=O) groups excluding carboxylic acids is 2. The fraction of sp³-hybridized carbons (Fsp3) is 0.727. The molecule has 0 atom stereocenters. The molecule has 1 aromatic heterocycles. The van der Waals surface area contributed by atoms with Crippen molar-refractivity contribution in [2.24, 2.45) is 11.8 Å². The largest absolute Gasteiger partial charge is 0.355 e. The maximum absolute atomic E-state index is 12.4. The smallest absolute Gasteiger partial charge is 0.225 e. The van der Waals surface area contributed by atoms with Gasteiger partial charge in [-0.25, -0.2) is 9.97 Å². The van der Waals surface area contributed by atoms with Crippen LogP contribution >= 0.6 is 0 Å². The molecular formula is C22H32N6O2. The normalized spacial score (nSPS) is 23.2. The number of nitrogens with zero attached hydrogens (tertiary/aromatic N) is 6. The van der Waals surface area contributed by atoms with Crippen molar-refractivity contribution < 1.29 is 9.59 Å². The van der Waals surface area contributed by atoms with Crippen LogP contribution < -0.4 is 9.80 Å². The summed E-state index contributed by atoms with van der Waals surface area (Å²) in [6, 6.07) is 2.08. The molecule has 0 bridgehead atoms. The van der Waals surface area contributed by atoms with Gasteiger partial charge in [0, 0.05) is 70.3 Å². The van der Waals surface area contributed by atoms with Gasteiger partial charge < -0.3 is 19.6 Å². The SMILES string of the molecule is O=C(C1CC1)N1CCCN(c2cc(N3CCCN(C(=O)C4CC4)CC3)ncn2)CC1. The topological polar surface area (TPSA) is 72.9 Å². The summed E-state index contributed by atoms with van der Waals surface area (Å²) >= 11 is 0. The molecule has 0 N–H and O–H groups in total. The van der Waals surface area contributed by atoms with E-state index in [1.54, 1.807) is 6.33 Å². The molecule has 5 rings (SSSR count). The second-order valence-electron chi connectivity index (χ2n) is 9.11. The summed E-state index contributed by atoms with van der Waals surface area (Å²) < 4.78 is 0. The first kappa shape index (κ1) is 19.6. The molecule has 4 aliphatic rings. The van der Waals surface area contributed by atoms with E-state index in [1.807, 2.05) is 9.80 Å². The average Bonchev–Trinajstić information content (AvgIpc) is 3.65. The lowest BCUT2D eigenvalue weighted by atomic mass is 10.3. The highest BCUT2D eigenvalue weighted by atomic mass is 16.2. The van der Waals surface area contributed by atoms with Gasteiger partial charge in [-0.1, -0.05) is 0 Å². The van der Waals surface area contributed by atoms with E-state index in [4.69, 9.17) is 0 Å². The van der Waals surface area contributed by atoms with Gasteiger partial charge in [0.1, 0.15) is 18.0 Å². The van der Waals surface area contributed by atoms with Crippen LogP contribution in [0.2, 0.25) is 0 Å². The van der Waals surface area contributed by atoms with Crippen molar-refractivity contribution in [2.75, 3.05) is 62.2 Å². The van der Waals surface area contributed by atoms with E-state index < -0.39 is 0 Å². The van der Waals surface area contributed by atoms with Crippen LogP contribution in [0.1, 0.15) is 38.5 Å². The molecule has 2 amide bonds. The van der Waals surface area contributed by atoms with E-state index in [0.29, 0.717) is 11.8 Å². The maximum atomic E-state index is 12.4. The summed E-state index contributed by atoms with van der Waals surface area (Å²) in [6.07, 6.45) is 7.85. The third kappa shape index (κ3) is 4.37. The molecule has 2 saturated carbocycles. The van der Waals surface area contributed by atoms with E-state index in [1.165, 1.54) is 0 Å². The van der Waals surface area contributed by atoms with Crippen LogP contribution in [-0.4, -0.2) is 83.9 Å².